The summed E-state index contributed by atoms with van der Waals surface area (Å²) >= 11 is 0. The maximum atomic E-state index is 9.10. The lowest BCUT2D eigenvalue weighted by atomic mass is 10.7. The van der Waals surface area contributed by atoms with Crippen molar-refractivity contribution in [3.05, 3.63) is 0 Å². The van der Waals surface area contributed by atoms with Crippen LogP contribution in [0.5, 0.6) is 0 Å². The quantitative estimate of drug-likeness (QED) is 0.374. The minimum Gasteiger partial charge on any atom is -0.473 e. The zero-order valence-corrected chi connectivity index (χ0v) is 5.00. The van der Waals surface area contributed by atoms with Gasteiger partial charge in [-0.3, -0.25) is 0 Å². The monoisotopic (exact) mass is 135 g/mol. The second-order valence-corrected chi connectivity index (χ2v) is 1.02. The molecule has 0 aliphatic heterocycles. The van der Waals surface area contributed by atoms with Crippen LogP contribution in [-0.4, -0.2) is 28.7 Å². The highest BCUT2D eigenvalue weighted by molar-refractivity contribution is 6.27. The highest BCUT2D eigenvalue weighted by Gasteiger charge is 2.04. The first kappa shape index (κ1) is 10.8. The van der Waals surface area contributed by atoms with Gasteiger partial charge < -0.3 is 15.9 Å². The Labute approximate surface area is 52.1 Å². The van der Waals surface area contributed by atoms with Crippen molar-refractivity contribution in [1.82, 2.24) is 0 Å². The molecule has 0 rings (SSSR count). The average molecular weight is 135 g/mol. The van der Waals surface area contributed by atoms with E-state index in [4.69, 9.17) is 25.5 Å². The number of hydrogen-bond acceptors (Lipinski definition) is 3. The van der Waals surface area contributed by atoms with E-state index < -0.39 is 11.9 Å². The third-order valence-corrected chi connectivity index (χ3v) is 0.183. The van der Waals surface area contributed by atoms with Gasteiger partial charge in [0.2, 0.25) is 0 Å². The SMILES string of the molecule is CCN.O=C(O)C(=O)O. The van der Waals surface area contributed by atoms with E-state index in [1.807, 2.05) is 6.92 Å². The van der Waals surface area contributed by atoms with Crippen molar-refractivity contribution in [3.63, 3.8) is 0 Å². The third-order valence-electron chi connectivity index (χ3n) is 0.183. The number of nitrogens with two attached hydrogens (primary N) is 1. The molecule has 0 heterocycles. The van der Waals surface area contributed by atoms with E-state index in [1.54, 1.807) is 0 Å². The van der Waals surface area contributed by atoms with E-state index in [9.17, 15) is 0 Å². The van der Waals surface area contributed by atoms with Crippen LogP contribution in [0, 0.1) is 0 Å². The van der Waals surface area contributed by atoms with Crippen LogP contribution in [0.4, 0.5) is 0 Å². The van der Waals surface area contributed by atoms with Crippen molar-refractivity contribution >= 4 is 11.9 Å². The normalized spacial score (nSPS) is 6.89. The second-order valence-electron chi connectivity index (χ2n) is 1.02. The Morgan fingerprint density at radius 3 is 1.44 bits per heavy atom. The molecule has 0 atom stereocenters. The molecule has 54 valence electrons. The summed E-state index contributed by atoms with van der Waals surface area (Å²) in [5.74, 6) is -3.65. The molecule has 4 N–H and O–H groups in total. The smallest absolute Gasteiger partial charge is 0.414 e. The van der Waals surface area contributed by atoms with Gasteiger partial charge >= 0.3 is 11.9 Å². The fourth-order valence-corrected chi connectivity index (χ4v) is 0. The first-order valence-corrected chi connectivity index (χ1v) is 2.22. The molecular weight excluding hydrogens is 126 g/mol. The molecule has 0 aromatic rings. The van der Waals surface area contributed by atoms with Gasteiger partial charge in [-0.2, -0.15) is 0 Å². The van der Waals surface area contributed by atoms with E-state index in [-0.39, 0.29) is 0 Å². The van der Waals surface area contributed by atoms with Gasteiger partial charge in [0.25, 0.3) is 0 Å². The lowest BCUT2D eigenvalue weighted by Crippen LogP contribution is -2.09. The molecule has 9 heavy (non-hydrogen) atoms. The molecule has 5 nitrogen and oxygen atoms in total. The average Bonchev–Trinajstić information content (AvgIpc) is 1.68. The van der Waals surface area contributed by atoms with Crippen LogP contribution in [0.1, 0.15) is 6.92 Å². The Bertz CT molecular complexity index is 88.7. The molecule has 0 bridgehead atoms. The van der Waals surface area contributed by atoms with E-state index in [0.717, 1.165) is 6.54 Å². The van der Waals surface area contributed by atoms with Crippen molar-refractivity contribution < 1.29 is 19.8 Å². The van der Waals surface area contributed by atoms with Gasteiger partial charge in [-0.05, 0) is 6.54 Å². The van der Waals surface area contributed by atoms with Crippen LogP contribution in [0.15, 0.2) is 0 Å². The molecule has 0 unspecified atom stereocenters. The van der Waals surface area contributed by atoms with Crippen LogP contribution in [0.3, 0.4) is 0 Å². The number of rotatable bonds is 0. The number of aliphatic carboxylic acids is 2. The van der Waals surface area contributed by atoms with Crippen LogP contribution in [0.2, 0.25) is 0 Å². The highest BCUT2D eigenvalue weighted by atomic mass is 16.4. The van der Waals surface area contributed by atoms with Gasteiger partial charge in [0.15, 0.2) is 0 Å². The van der Waals surface area contributed by atoms with Crippen molar-refractivity contribution in [2.24, 2.45) is 5.73 Å². The molecule has 0 aliphatic carbocycles. The summed E-state index contributed by atoms with van der Waals surface area (Å²) in [6.07, 6.45) is 0. The molecular formula is C4H9NO4. The summed E-state index contributed by atoms with van der Waals surface area (Å²) in [7, 11) is 0. The van der Waals surface area contributed by atoms with Gasteiger partial charge in [0.05, 0.1) is 0 Å². The van der Waals surface area contributed by atoms with Gasteiger partial charge in [-0.15, -0.1) is 0 Å². The Morgan fingerprint density at radius 2 is 1.44 bits per heavy atom. The molecule has 0 saturated carbocycles. The molecule has 0 radical (unpaired) electrons. The summed E-state index contributed by atoms with van der Waals surface area (Å²) < 4.78 is 0. The summed E-state index contributed by atoms with van der Waals surface area (Å²) in [4.78, 5) is 18.2. The minimum absolute atomic E-state index is 0.750. The van der Waals surface area contributed by atoms with Gasteiger partial charge in [0, 0.05) is 0 Å². The molecule has 0 saturated heterocycles. The molecule has 0 aromatic carbocycles. The Balaban J connectivity index is 0. The summed E-state index contributed by atoms with van der Waals surface area (Å²) in [6, 6.07) is 0. The molecule has 0 aliphatic rings. The fourth-order valence-electron chi connectivity index (χ4n) is 0. The van der Waals surface area contributed by atoms with Crippen LogP contribution < -0.4 is 5.73 Å². The lowest BCUT2D eigenvalue weighted by molar-refractivity contribution is -0.159. The van der Waals surface area contributed by atoms with Crippen LogP contribution in [-0.2, 0) is 9.59 Å². The lowest BCUT2D eigenvalue weighted by Gasteiger charge is -1.72. The number of carboxylic acid groups (broad SMARTS) is 2. The third kappa shape index (κ3) is 19.7. The number of carbonyl (C=O) groups is 2. The maximum absolute atomic E-state index is 9.10. The summed E-state index contributed by atoms with van der Waals surface area (Å²) in [5.41, 5.74) is 4.85. The zero-order chi connectivity index (χ0) is 7.86. The van der Waals surface area contributed by atoms with Crippen LogP contribution >= 0.6 is 0 Å². The molecule has 0 aromatic heterocycles. The number of hydrogen-bond donors (Lipinski definition) is 3. The second kappa shape index (κ2) is 6.90. The first-order chi connectivity index (χ1) is 4.06. The molecule has 5 heteroatoms. The molecule has 0 spiro atoms. The van der Waals surface area contributed by atoms with Gasteiger partial charge in [-0.25, -0.2) is 9.59 Å². The van der Waals surface area contributed by atoms with Gasteiger partial charge in [-0.1, -0.05) is 6.92 Å². The molecule has 0 fully saturated rings. The van der Waals surface area contributed by atoms with Gasteiger partial charge in [0.1, 0.15) is 0 Å². The van der Waals surface area contributed by atoms with Crippen molar-refractivity contribution in [2.75, 3.05) is 6.54 Å². The van der Waals surface area contributed by atoms with Crippen molar-refractivity contribution in [1.29, 1.82) is 0 Å². The summed E-state index contributed by atoms with van der Waals surface area (Å²) in [5, 5.41) is 14.8. The predicted molar refractivity (Wildman–Crippen MR) is 30.0 cm³/mol. The number of carboxylic acids is 2. The Kier molecular flexibility index (Phi) is 8.28. The topological polar surface area (TPSA) is 101 Å². The van der Waals surface area contributed by atoms with Crippen LogP contribution in [0.25, 0.3) is 0 Å². The first-order valence-electron chi connectivity index (χ1n) is 2.22. The van der Waals surface area contributed by atoms with E-state index in [2.05, 4.69) is 0 Å². The standard InChI is InChI=1S/C2H7N.C2H2O4/c1-2-3;3-1(4)2(5)6/h2-3H2,1H3;(H,3,4)(H,5,6). The van der Waals surface area contributed by atoms with Crippen molar-refractivity contribution in [3.8, 4) is 0 Å². The maximum Gasteiger partial charge on any atom is 0.414 e. The fraction of sp³-hybridized carbons (Fsp3) is 0.500. The Morgan fingerprint density at radius 1 is 1.33 bits per heavy atom. The summed E-state index contributed by atoms with van der Waals surface area (Å²) in [6.45, 7) is 2.65. The minimum atomic E-state index is -1.82. The largest absolute Gasteiger partial charge is 0.473 e. The predicted octanol–water partition coefficient (Wildman–Crippen LogP) is -0.879. The van der Waals surface area contributed by atoms with Crippen molar-refractivity contribution in [2.45, 2.75) is 6.92 Å². The molecule has 0 amide bonds. The van der Waals surface area contributed by atoms with E-state index in [1.165, 1.54) is 0 Å². The van der Waals surface area contributed by atoms with E-state index in [0.29, 0.717) is 0 Å². The zero-order valence-electron chi connectivity index (χ0n) is 5.00. The highest BCUT2D eigenvalue weighted by Crippen LogP contribution is 1.56. The Hall–Kier alpha value is -1.10. The van der Waals surface area contributed by atoms with E-state index >= 15 is 0 Å².